The van der Waals surface area contributed by atoms with E-state index < -0.39 is 23.6 Å². The SMILES string of the molecule is N#CC[C@@H]1CN(c2cnc(Cl)cn2)CCN1C(=O)Cc1c(F)cc(C2CC2)cc1F. The van der Waals surface area contributed by atoms with Crippen LogP contribution in [0.25, 0.3) is 0 Å². The molecule has 1 aromatic heterocycles. The van der Waals surface area contributed by atoms with Gasteiger partial charge in [0.05, 0.1) is 37.3 Å². The average Bonchev–Trinajstić information content (AvgIpc) is 3.56. The lowest BCUT2D eigenvalue weighted by Crippen LogP contribution is -2.55. The van der Waals surface area contributed by atoms with Gasteiger partial charge in [-0.05, 0) is 36.5 Å². The van der Waals surface area contributed by atoms with Gasteiger partial charge in [-0.25, -0.2) is 18.7 Å². The highest BCUT2D eigenvalue weighted by Crippen LogP contribution is 2.41. The van der Waals surface area contributed by atoms with E-state index in [2.05, 4.69) is 16.0 Å². The molecule has 1 atom stereocenters. The lowest BCUT2D eigenvalue weighted by Gasteiger charge is -2.41. The molecule has 0 spiro atoms. The topological polar surface area (TPSA) is 73.1 Å². The molecule has 4 rings (SSSR count). The van der Waals surface area contributed by atoms with Crippen LogP contribution in [0.4, 0.5) is 14.6 Å². The van der Waals surface area contributed by atoms with Gasteiger partial charge in [0.25, 0.3) is 0 Å². The van der Waals surface area contributed by atoms with Gasteiger partial charge in [-0.2, -0.15) is 5.26 Å². The van der Waals surface area contributed by atoms with Crippen molar-refractivity contribution in [3.63, 3.8) is 0 Å². The number of rotatable bonds is 5. The van der Waals surface area contributed by atoms with Gasteiger partial charge >= 0.3 is 0 Å². The molecule has 1 amide bonds. The van der Waals surface area contributed by atoms with Crippen LogP contribution in [0.2, 0.25) is 5.15 Å². The van der Waals surface area contributed by atoms with E-state index in [0.29, 0.717) is 31.0 Å². The summed E-state index contributed by atoms with van der Waals surface area (Å²) in [6.07, 6.45) is 4.59. The molecule has 0 unspecified atom stereocenters. The maximum absolute atomic E-state index is 14.5. The van der Waals surface area contributed by atoms with Crippen molar-refractivity contribution in [3.05, 3.63) is 52.4 Å². The van der Waals surface area contributed by atoms with Crippen molar-refractivity contribution in [1.82, 2.24) is 14.9 Å². The summed E-state index contributed by atoms with van der Waals surface area (Å²) in [5.41, 5.74) is 0.437. The zero-order valence-corrected chi connectivity index (χ0v) is 16.9. The fourth-order valence-corrected chi connectivity index (χ4v) is 3.93. The van der Waals surface area contributed by atoms with Crippen molar-refractivity contribution >= 4 is 23.3 Å². The Balaban J connectivity index is 1.48. The minimum absolute atomic E-state index is 0.106. The van der Waals surface area contributed by atoms with Crippen molar-refractivity contribution in [2.24, 2.45) is 0 Å². The fraction of sp³-hybridized carbons (Fsp3) is 0.429. The number of anilines is 1. The zero-order chi connectivity index (χ0) is 21.3. The highest BCUT2D eigenvalue weighted by atomic mass is 35.5. The average molecular weight is 432 g/mol. The Morgan fingerprint density at radius 2 is 1.93 bits per heavy atom. The summed E-state index contributed by atoms with van der Waals surface area (Å²) >= 11 is 5.78. The van der Waals surface area contributed by atoms with E-state index in [9.17, 15) is 18.8 Å². The molecule has 2 heterocycles. The van der Waals surface area contributed by atoms with Crippen LogP contribution in [0.15, 0.2) is 24.5 Å². The third kappa shape index (κ3) is 4.36. The molecule has 30 heavy (non-hydrogen) atoms. The third-order valence-electron chi connectivity index (χ3n) is 5.60. The van der Waals surface area contributed by atoms with Gasteiger partial charge in [-0.1, -0.05) is 11.6 Å². The van der Waals surface area contributed by atoms with Gasteiger partial charge < -0.3 is 9.80 Å². The zero-order valence-electron chi connectivity index (χ0n) is 16.2. The summed E-state index contributed by atoms with van der Waals surface area (Å²) in [5.74, 6) is -0.937. The number of nitriles is 1. The molecule has 1 aromatic carbocycles. The quantitative estimate of drug-likeness (QED) is 0.724. The molecular weight excluding hydrogens is 412 g/mol. The number of hydrogen-bond donors (Lipinski definition) is 0. The summed E-state index contributed by atoms with van der Waals surface area (Å²) in [6, 6.07) is 4.36. The summed E-state index contributed by atoms with van der Waals surface area (Å²) < 4.78 is 29.0. The monoisotopic (exact) mass is 431 g/mol. The number of aromatic nitrogens is 2. The highest BCUT2D eigenvalue weighted by Gasteiger charge is 2.32. The van der Waals surface area contributed by atoms with Crippen LogP contribution in [0.3, 0.4) is 0 Å². The minimum Gasteiger partial charge on any atom is -0.351 e. The molecule has 0 bridgehead atoms. The van der Waals surface area contributed by atoms with E-state index in [4.69, 9.17) is 11.6 Å². The van der Waals surface area contributed by atoms with Crippen LogP contribution in [0, 0.1) is 23.0 Å². The van der Waals surface area contributed by atoms with Gasteiger partial charge in [-0.15, -0.1) is 0 Å². The molecule has 6 nitrogen and oxygen atoms in total. The van der Waals surface area contributed by atoms with Crippen LogP contribution in [0.1, 0.15) is 36.3 Å². The summed E-state index contributed by atoms with van der Waals surface area (Å²) in [7, 11) is 0. The Kier molecular flexibility index (Phi) is 5.82. The minimum atomic E-state index is -0.683. The van der Waals surface area contributed by atoms with Crippen LogP contribution in [-0.2, 0) is 11.2 Å². The molecule has 2 aliphatic rings. The largest absolute Gasteiger partial charge is 0.351 e. The molecule has 0 N–H and O–H groups in total. The molecule has 2 fully saturated rings. The molecule has 156 valence electrons. The Morgan fingerprint density at radius 3 is 2.53 bits per heavy atom. The van der Waals surface area contributed by atoms with Gasteiger partial charge in [0.1, 0.15) is 22.6 Å². The molecule has 1 saturated carbocycles. The number of halogens is 3. The maximum Gasteiger partial charge on any atom is 0.227 e. The normalized spacial score (nSPS) is 18.9. The lowest BCUT2D eigenvalue weighted by molar-refractivity contribution is -0.133. The Bertz CT molecular complexity index is 967. The number of benzene rings is 1. The first-order chi connectivity index (χ1) is 14.5. The Morgan fingerprint density at radius 1 is 1.20 bits per heavy atom. The second kappa shape index (κ2) is 8.52. The van der Waals surface area contributed by atoms with Gasteiger partial charge in [0.15, 0.2) is 0 Å². The molecule has 1 aliphatic carbocycles. The van der Waals surface area contributed by atoms with E-state index in [1.54, 1.807) is 0 Å². The van der Waals surface area contributed by atoms with E-state index in [-0.39, 0.29) is 29.5 Å². The Labute approximate surface area is 178 Å². The smallest absolute Gasteiger partial charge is 0.227 e. The number of carbonyl (C=O) groups excluding carboxylic acids is 1. The fourth-order valence-electron chi connectivity index (χ4n) is 3.84. The van der Waals surface area contributed by atoms with Crippen molar-refractivity contribution < 1.29 is 13.6 Å². The second-order valence-corrected chi connectivity index (χ2v) is 8.05. The number of nitrogens with zero attached hydrogens (tertiary/aromatic N) is 5. The van der Waals surface area contributed by atoms with Gasteiger partial charge in [-0.3, -0.25) is 4.79 Å². The van der Waals surface area contributed by atoms with E-state index in [1.165, 1.54) is 29.4 Å². The summed E-state index contributed by atoms with van der Waals surface area (Å²) in [5, 5.41) is 9.48. The number of piperazine rings is 1. The van der Waals surface area contributed by atoms with E-state index in [1.807, 2.05) is 4.90 Å². The summed E-state index contributed by atoms with van der Waals surface area (Å²) in [4.78, 5) is 24.6. The molecule has 0 radical (unpaired) electrons. The van der Waals surface area contributed by atoms with Gasteiger partial charge in [0.2, 0.25) is 5.91 Å². The molecule has 2 aromatic rings. The van der Waals surface area contributed by atoms with Crippen LogP contribution < -0.4 is 4.90 Å². The standard InChI is InChI=1S/C21H20ClF2N5O/c22-19-10-27-20(11-26-19)28-5-6-29(15(12-28)3-4-25)21(30)9-16-17(23)7-14(8-18(16)24)13-1-2-13/h7-8,10-11,13,15H,1-3,5-6,9,12H2/t15-/m1/s1. The molecule has 1 saturated heterocycles. The number of amides is 1. The van der Waals surface area contributed by atoms with Crippen LogP contribution >= 0.6 is 11.6 Å². The van der Waals surface area contributed by atoms with Crippen molar-refractivity contribution in [1.29, 1.82) is 5.26 Å². The highest BCUT2D eigenvalue weighted by molar-refractivity contribution is 6.29. The molecule has 1 aliphatic heterocycles. The van der Waals surface area contributed by atoms with Crippen molar-refractivity contribution in [2.45, 2.75) is 37.6 Å². The Hall–Kier alpha value is -2.79. The van der Waals surface area contributed by atoms with Crippen molar-refractivity contribution in [3.8, 4) is 6.07 Å². The number of carbonyl (C=O) groups is 1. The maximum atomic E-state index is 14.5. The first-order valence-corrected chi connectivity index (χ1v) is 10.2. The molecular formula is C21H20ClF2N5O. The second-order valence-electron chi connectivity index (χ2n) is 7.66. The van der Waals surface area contributed by atoms with Gasteiger partial charge in [0, 0.05) is 25.2 Å². The van der Waals surface area contributed by atoms with Crippen molar-refractivity contribution in [2.75, 3.05) is 24.5 Å². The third-order valence-corrected chi connectivity index (χ3v) is 5.80. The molecule has 9 heteroatoms. The van der Waals surface area contributed by atoms with E-state index >= 15 is 0 Å². The van der Waals surface area contributed by atoms with E-state index in [0.717, 1.165) is 12.8 Å². The predicted molar refractivity (Wildman–Crippen MR) is 107 cm³/mol. The number of hydrogen-bond acceptors (Lipinski definition) is 5. The first kappa shape index (κ1) is 20.5. The summed E-state index contributed by atoms with van der Waals surface area (Å²) in [6.45, 7) is 1.16. The van der Waals surface area contributed by atoms with Crippen LogP contribution in [-0.4, -0.2) is 46.5 Å². The first-order valence-electron chi connectivity index (χ1n) is 9.83. The predicted octanol–water partition coefficient (Wildman–Crippen LogP) is 3.46. The van der Waals surface area contributed by atoms with Crippen LogP contribution in [0.5, 0.6) is 0 Å². The lowest BCUT2D eigenvalue weighted by atomic mass is 10.0.